The molecule has 0 N–H and O–H groups in total. The third kappa shape index (κ3) is 5.26. The lowest BCUT2D eigenvalue weighted by Crippen LogP contribution is -2.32. The summed E-state index contributed by atoms with van der Waals surface area (Å²) >= 11 is 1.51. The van der Waals surface area contributed by atoms with Crippen LogP contribution in [0.4, 0.5) is 0 Å². The van der Waals surface area contributed by atoms with Gasteiger partial charge in [0.15, 0.2) is 0 Å². The molecule has 9 heteroatoms. The van der Waals surface area contributed by atoms with Crippen LogP contribution < -0.4 is 10.3 Å². The van der Waals surface area contributed by atoms with Gasteiger partial charge >= 0.3 is 0 Å². The first-order valence-electron chi connectivity index (χ1n) is 11.6. The minimum absolute atomic E-state index is 0.132. The fourth-order valence-corrected chi connectivity index (χ4v) is 5.11. The van der Waals surface area contributed by atoms with E-state index in [0.717, 1.165) is 48.3 Å². The van der Waals surface area contributed by atoms with Gasteiger partial charge in [0.05, 0.1) is 13.7 Å². The molecule has 4 heterocycles. The zero-order valence-corrected chi connectivity index (χ0v) is 21.1. The number of thiazole rings is 1. The van der Waals surface area contributed by atoms with Crippen molar-refractivity contribution < 1.29 is 13.9 Å². The molecule has 0 aliphatic carbocycles. The number of aryl methyl sites for hydroxylation is 1. The van der Waals surface area contributed by atoms with E-state index in [1.54, 1.807) is 22.7 Å². The maximum absolute atomic E-state index is 13.5. The van der Waals surface area contributed by atoms with Gasteiger partial charge < -0.3 is 23.5 Å². The molecule has 0 radical (unpaired) electrons. The molecule has 182 valence electrons. The molecule has 1 aliphatic heterocycles. The van der Waals surface area contributed by atoms with E-state index in [4.69, 9.17) is 9.15 Å². The van der Waals surface area contributed by atoms with Crippen molar-refractivity contribution in [1.29, 1.82) is 0 Å². The Labute approximate surface area is 203 Å². The van der Waals surface area contributed by atoms with Gasteiger partial charge in [0.1, 0.15) is 27.8 Å². The number of methoxy groups -OCH3 is 1. The first kappa shape index (κ1) is 24.2. The van der Waals surface area contributed by atoms with Crippen molar-refractivity contribution in [2.75, 3.05) is 33.8 Å². The molecule has 4 rings (SSSR count). The monoisotopic (exact) mass is 484 g/mol. The van der Waals surface area contributed by atoms with E-state index < -0.39 is 0 Å². The number of ether oxygens (including phenoxy) is 1. The summed E-state index contributed by atoms with van der Waals surface area (Å²) in [7, 11) is 3.26. The van der Waals surface area contributed by atoms with Gasteiger partial charge in [0, 0.05) is 62.4 Å². The van der Waals surface area contributed by atoms with Gasteiger partial charge in [-0.2, -0.15) is 0 Å². The second kappa shape index (κ2) is 10.6. The quantitative estimate of drug-likeness (QED) is 0.487. The minimum Gasteiger partial charge on any atom is -0.496 e. The number of furan rings is 1. The van der Waals surface area contributed by atoms with E-state index in [9.17, 15) is 9.59 Å². The minimum atomic E-state index is -0.161. The lowest BCUT2D eigenvalue weighted by molar-refractivity contribution is 0.0779. The zero-order chi connectivity index (χ0) is 24.2. The molecule has 8 nitrogen and oxygen atoms in total. The van der Waals surface area contributed by atoms with E-state index in [2.05, 4.69) is 16.8 Å². The van der Waals surface area contributed by atoms with Gasteiger partial charge in [-0.05, 0) is 32.0 Å². The van der Waals surface area contributed by atoms with Crippen LogP contribution in [0.3, 0.4) is 0 Å². The smallest absolute Gasteiger partial charge is 0.259 e. The molecule has 3 aromatic heterocycles. The predicted octanol–water partition coefficient (Wildman–Crippen LogP) is 3.54. The van der Waals surface area contributed by atoms with E-state index in [-0.39, 0.29) is 11.5 Å². The standard InChI is InChI=1S/C25H32N4O4S/c1-17(20-6-5-18(2)33-20)7-10-28-11-8-19-24(21(32-4)15-23(30)29(19)13-12-28)25(31)27(3)16-22-26-9-14-34-22/h5-6,9,14-15,17H,7-8,10-13,16H2,1-4H3/t17-/m0/s1. The average molecular weight is 485 g/mol. The van der Waals surface area contributed by atoms with E-state index in [1.165, 1.54) is 24.5 Å². The number of amides is 1. The Morgan fingerprint density at radius 2 is 2.15 bits per heavy atom. The summed E-state index contributed by atoms with van der Waals surface area (Å²) < 4.78 is 13.0. The van der Waals surface area contributed by atoms with E-state index >= 15 is 0 Å². The molecular weight excluding hydrogens is 452 g/mol. The highest BCUT2D eigenvalue weighted by molar-refractivity contribution is 7.09. The van der Waals surface area contributed by atoms with Gasteiger partial charge in [-0.1, -0.05) is 6.92 Å². The average Bonchev–Trinajstić information content (AvgIpc) is 3.44. The van der Waals surface area contributed by atoms with Crippen LogP contribution in [0.5, 0.6) is 5.75 Å². The van der Waals surface area contributed by atoms with Gasteiger partial charge in [-0.15, -0.1) is 11.3 Å². The predicted molar refractivity (Wildman–Crippen MR) is 132 cm³/mol. The van der Waals surface area contributed by atoms with Crippen LogP contribution in [0, 0.1) is 6.92 Å². The fraction of sp³-hybridized carbons (Fsp3) is 0.480. The number of hydrogen-bond donors (Lipinski definition) is 0. The normalized spacial score (nSPS) is 14.9. The number of carbonyl (C=O) groups excluding carboxylic acids is 1. The molecule has 1 atom stereocenters. The second-order valence-electron chi connectivity index (χ2n) is 8.84. The van der Waals surface area contributed by atoms with Crippen molar-refractivity contribution in [3.8, 4) is 5.75 Å². The molecular formula is C25H32N4O4S. The third-order valence-corrected chi connectivity index (χ3v) is 7.21. The molecule has 1 aliphatic rings. The van der Waals surface area contributed by atoms with Crippen LogP contribution >= 0.6 is 11.3 Å². The van der Waals surface area contributed by atoms with Crippen LogP contribution in [0.2, 0.25) is 0 Å². The fourth-order valence-electron chi connectivity index (χ4n) is 4.44. The number of rotatable bonds is 8. The summed E-state index contributed by atoms with van der Waals surface area (Å²) in [5, 5.41) is 2.76. The Bertz CT molecular complexity index is 1180. The second-order valence-corrected chi connectivity index (χ2v) is 9.82. The molecule has 0 bridgehead atoms. The summed E-state index contributed by atoms with van der Waals surface area (Å²) in [5.41, 5.74) is 1.09. The van der Waals surface area contributed by atoms with Crippen LogP contribution in [-0.2, 0) is 19.5 Å². The van der Waals surface area contributed by atoms with Crippen molar-refractivity contribution in [2.24, 2.45) is 0 Å². The summed E-state index contributed by atoms with van der Waals surface area (Å²) in [6.45, 7) is 7.51. The molecule has 0 spiro atoms. The molecule has 3 aromatic rings. The van der Waals surface area contributed by atoms with E-state index in [1.807, 2.05) is 24.4 Å². The highest BCUT2D eigenvalue weighted by Crippen LogP contribution is 2.26. The Kier molecular flexibility index (Phi) is 7.53. The highest BCUT2D eigenvalue weighted by Gasteiger charge is 2.27. The van der Waals surface area contributed by atoms with Gasteiger partial charge in [0.25, 0.3) is 11.5 Å². The first-order valence-corrected chi connectivity index (χ1v) is 12.5. The lowest BCUT2D eigenvalue weighted by Gasteiger charge is -2.22. The SMILES string of the molecule is COc1cc(=O)n2c(c1C(=O)N(C)Cc1nccs1)CCN(CC[C@H](C)c1ccc(C)o1)CC2. The van der Waals surface area contributed by atoms with Gasteiger partial charge in [-0.3, -0.25) is 9.59 Å². The molecule has 0 unspecified atom stereocenters. The number of aromatic nitrogens is 2. The van der Waals surface area contributed by atoms with Crippen molar-refractivity contribution in [3.63, 3.8) is 0 Å². The Morgan fingerprint density at radius 1 is 1.32 bits per heavy atom. The molecule has 0 saturated carbocycles. The molecule has 0 fully saturated rings. The Balaban J connectivity index is 1.51. The van der Waals surface area contributed by atoms with Crippen LogP contribution in [-0.4, -0.2) is 59.0 Å². The summed E-state index contributed by atoms with van der Waals surface area (Å²) in [4.78, 5) is 34.6. The first-order chi connectivity index (χ1) is 16.4. The van der Waals surface area contributed by atoms with E-state index in [0.29, 0.717) is 36.7 Å². The largest absolute Gasteiger partial charge is 0.496 e. The molecule has 0 saturated heterocycles. The summed E-state index contributed by atoms with van der Waals surface area (Å²) in [6, 6.07) is 5.48. The number of fused-ring (bicyclic) bond motifs is 1. The van der Waals surface area contributed by atoms with Crippen molar-refractivity contribution in [1.82, 2.24) is 19.4 Å². The van der Waals surface area contributed by atoms with Gasteiger partial charge in [-0.25, -0.2) is 4.98 Å². The van der Waals surface area contributed by atoms with Gasteiger partial charge in [0.2, 0.25) is 0 Å². The highest BCUT2D eigenvalue weighted by atomic mass is 32.1. The topological polar surface area (TPSA) is 80.8 Å². The van der Waals surface area contributed by atoms with Crippen molar-refractivity contribution in [3.05, 3.63) is 67.9 Å². The maximum Gasteiger partial charge on any atom is 0.259 e. The summed E-state index contributed by atoms with van der Waals surface area (Å²) in [5.74, 6) is 2.43. The molecule has 1 amide bonds. The number of hydrogen-bond acceptors (Lipinski definition) is 7. The number of nitrogens with zero attached hydrogens (tertiary/aromatic N) is 4. The summed E-state index contributed by atoms with van der Waals surface area (Å²) in [6.07, 6.45) is 3.30. The lowest BCUT2D eigenvalue weighted by atomic mass is 10.0. The Hall–Kier alpha value is -2.91. The Morgan fingerprint density at radius 3 is 2.82 bits per heavy atom. The van der Waals surface area contributed by atoms with Crippen molar-refractivity contribution >= 4 is 17.2 Å². The third-order valence-electron chi connectivity index (χ3n) is 6.45. The number of carbonyl (C=O) groups is 1. The van der Waals surface area contributed by atoms with Crippen LogP contribution in [0.15, 0.2) is 39.0 Å². The number of pyridine rings is 1. The molecule has 0 aromatic carbocycles. The maximum atomic E-state index is 13.5. The molecule has 34 heavy (non-hydrogen) atoms. The van der Waals surface area contributed by atoms with Crippen molar-refractivity contribution in [2.45, 2.75) is 45.7 Å². The van der Waals surface area contributed by atoms with Crippen LogP contribution in [0.1, 0.15) is 51.8 Å². The zero-order valence-electron chi connectivity index (χ0n) is 20.2. The van der Waals surface area contributed by atoms with Crippen LogP contribution in [0.25, 0.3) is 0 Å².